The van der Waals surface area contributed by atoms with Gasteiger partial charge in [-0.2, -0.15) is 0 Å². The van der Waals surface area contributed by atoms with Crippen molar-refractivity contribution in [3.63, 3.8) is 0 Å². The predicted octanol–water partition coefficient (Wildman–Crippen LogP) is 3.19. The van der Waals surface area contributed by atoms with Crippen molar-refractivity contribution in [1.29, 1.82) is 0 Å². The van der Waals surface area contributed by atoms with Gasteiger partial charge in [0, 0.05) is 15.8 Å². The third kappa shape index (κ3) is 2.68. The summed E-state index contributed by atoms with van der Waals surface area (Å²) in [6.07, 6.45) is 0. The lowest BCUT2D eigenvalue weighted by Gasteiger charge is -2.05. The van der Waals surface area contributed by atoms with Crippen LogP contribution >= 0.6 is 15.9 Å². The molecular formula is C12H11BrN2O2. The second-order valence-electron chi connectivity index (χ2n) is 3.60. The van der Waals surface area contributed by atoms with Gasteiger partial charge in [-0.1, -0.05) is 0 Å². The maximum Gasteiger partial charge on any atom is 0.291 e. The maximum absolute atomic E-state index is 11.8. The van der Waals surface area contributed by atoms with Gasteiger partial charge in [-0.3, -0.25) is 4.79 Å². The van der Waals surface area contributed by atoms with Gasteiger partial charge >= 0.3 is 0 Å². The average Bonchev–Trinajstić information content (AvgIpc) is 2.70. The third-order valence-electron chi connectivity index (χ3n) is 2.22. The summed E-state index contributed by atoms with van der Waals surface area (Å²) in [7, 11) is 0. The van der Waals surface area contributed by atoms with Crippen molar-refractivity contribution in [3.05, 3.63) is 46.3 Å². The number of amides is 1. The van der Waals surface area contributed by atoms with Crippen LogP contribution in [0.5, 0.6) is 0 Å². The summed E-state index contributed by atoms with van der Waals surface area (Å²) in [5.41, 5.74) is 6.94. The van der Waals surface area contributed by atoms with Gasteiger partial charge < -0.3 is 15.5 Å². The van der Waals surface area contributed by atoms with E-state index in [4.69, 9.17) is 10.2 Å². The van der Waals surface area contributed by atoms with Crippen LogP contribution in [0.1, 0.15) is 16.3 Å². The molecule has 1 aromatic carbocycles. The first-order valence-electron chi connectivity index (χ1n) is 4.99. The molecule has 88 valence electrons. The summed E-state index contributed by atoms with van der Waals surface area (Å²) in [6, 6.07) is 8.56. The number of nitrogens with one attached hydrogen (secondary N) is 1. The van der Waals surface area contributed by atoms with E-state index in [0.717, 1.165) is 4.47 Å². The second-order valence-corrected chi connectivity index (χ2v) is 4.46. The second kappa shape index (κ2) is 4.63. The molecule has 0 aliphatic rings. The summed E-state index contributed by atoms with van der Waals surface area (Å²) >= 11 is 3.30. The number of benzene rings is 1. The Bertz CT molecular complexity index is 563. The molecule has 0 aliphatic carbocycles. The number of carbonyl (C=O) groups excluding carboxylic acids is 1. The van der Waals surface area contributed by atoms with Crippen LogP contribution in [-0.2, 0) is 0 Å². The standard InChI is InChI=1S/C12H11BrN2O2/c1-7-2-5-11(17-7)12(16)15-8-3-4-10(14)9(13)6-8/h2-6H,14H2,1H3,(H,15,16). The molecule has 1 heterocycles. The first-order chi connectivity index (χ1) is 8.06. The number of hydrogen-bond acceptors (Lipinski definition) is 3. The summed E-state index contributed by atoms with van der Waals surface area (Å²) < 4.78 is 5.96. The van der Waals surface area contributed by atoms with E-state index in [9.17, 15) is 4.79 Å². The largest absolute Gasteiger partial charge is 0.456 e. The molecule has 0 fully saturated rings. The number of hydrogen-bond donors (Lipinski definition) is 2. The molecule has 5 heteroatoms. The van der Waals surface area contributed by atoms with Crippen molar-refractivity contribution in [2.24, 2.45) is 0 Å². The van der Waals surface area contributed by atoms with Crippen molar-refractivity contribution in [3.8, 4) is 0 Å². The Morgan fingerprint density at radius 1 is 1.35 bits per heavy atom. The van der Waals surface area contributed by atoms with Gasteiger partial charge in [-0.05, 0) is 53.2 Å². The Morgan fingerprint density at radius 2 is 2.12 bits per heavy atom. The molecule has 1 aromatic heterocycles. The zero-order chi connectivity index (χ0) is 12.4. The maximum atomic E-state index is 11.8. The molecular weight excluding hydrogens is 284 g/mol. The minimum atomic E-state index is -0.283. The quantitative estimate of drug-likeness (QED) is 0.836. The molecule has 2 aromatic rings. The molecule has 3 N–H and O–H groups in total. The SMILES string of the molecule is Cc1ccc(C(=O)Nc2ccc(N)c(Br)c2)o1. The minimum absolute atomic E-state index is 0.283. The summed E-state index contributed by atoms with van der Waals surface area (Å²) in [4.78, 5) is 11.8. The van der Waals surface area contributed by atoms with Crippen LogP contribution in [0.15, 0.2) is 39.2 Å². The highest BCUT2D eigenvalue weighted by Gasteiger charge is 2.10. The number of rotatable bonds is 2. The Morgan fingerprint density at radius 3 is 2.71 bits per heavy atom. The van der Waals surface area contributed by atoms with Crippen LogP contribution in [0.4, 0.5) is 11.4 Å². The number of furan rings is 1. The smallest absolute Gasteiger partial charge is 0.291 e. The van der Waals surface area contributed by atoms with Crippen LogP contribution in [0.25, 0.3) is 0 Å². The van der Waals surface area contributed by atoms with Crippen LogP contribution < -0.4 is 11.1 Å². The Hall–Kier alpha value is -1.75. The lowest BCUT2D eigenvalue weighted by Crippen LogP contribution is -2.10. The van der Waals surface area contributed by atoms with Gasteiger partial charge in [-0.25, -0.2) is 0 Å². The zero-order valence-electron chi connectivity index (χ0n) is 9.16. The van der Waals surface area contributed by atoms with E-state index in [1.165, 1.54) is 0 Å². The molecule has 0 radical (unpaired) electrons. The van der Waals surface area contributed by atoms with Crippen molar-refractivity contribution >= 4 is 33.2 Å². The molecule has 0 unspecified atom stereocenters. The number of anilines is 2. The van der Waals surface area contributed by atoms with E-state index < -0.39 is 0 Å². The molecule has 17 heavy (non-hydrogen) atoms. The van der Waals surface area contributed by atoms with Crippen LogP contribution in [0, 0.1) is 6.92 Å². The van der Waals surface area contributed by atoms with E-state index in [0.29, 0.717) is 17.1 Å². The lowest BCUT2D eigenvalue weighted by molar-refractivity contribution is 0.0995. The Labute approximate surface area is 107 Å². The molecule has 0 bridgehead atoms. The van der Waals surface area contributed by atoms with E-state index in [1.807, 2.05) is 0 Å². The summed E-state index contributed by atoms with van der Waals surface area (Å²) in [5, 5.41) is 2.72. The molecule has 0 spiro atoms. The van der Waals surface area contributed by atoms with Gasteiger partial charge in [0.15, 0.2) is 5.76 Å². The fraction of sp³-hybridized carbons (Fsp3) is 0.0833. The van der Waals surface area contributed by atoms with Crippen LogP contribution in [0.2, 0.25) is 0 Å². The average molecular weight is 295 g/mol. The molecule has 4 nitrogen and oxygen atoms in total. The number of nitrogens with two attached hydrogens (primary N) is 1. The third-order valence-corrected chi connectivity index (χ3v) is 2.91. The lowest BCUT2D eigenvalue weighted by atomic mass is 10.3. The highest BCUT2D eigenvalue weighted by atomic mass is 79.9. The van der Waals surface area contributed by atoms with E-state index >= 15 is 0 Å². The normalized spacial score (nSPS) is 10.2. The fourth-order valence-electron chi connectivity index (χ4n) is 1.35. The van der Waals surface area contributed by atoms with Crippen LogP contribution in [-0.4, -0.2) is 5.91 Å². The van der Waals surface area contributed by atoms with Crippen molar-refractivity contribution in [2.45, 2.75) is 6.92 Å². The molecule has 0 aliphatic heterocycles. The summed E-state index contributed by atoms with van der Waals surface area (Å²) in [6.45, 7) is 1.79. The van der Waals surface area contributed by atoms with Crippen LogP contribution in [0.3, 0.4) is 0 Å². The van der Waals surface area contributed by atoms with E-state index in [1.54, 1.807) is 37.3 Å². The molecule has 0 saturated carbocycles. The summed E-state index contributed by atoms with van der Waals surface area (Å²) in [5.74, 6) is 0.707. The highest BCUT2D eigenvalue weighted by Crippen LogP contribution is 2.23. The number of nitrogen functional groups attached to an aromatic ring is 1. The molecule has 1 amide bonds. The monoisotopic (exact) mass is 294 g/mol. The molecule has 2 rings (SSSR count). The topological polar surface area (TPSA) is 68.3 Å². The minimum Gasteiger partial charge on any atom is -0.456 e. The highest BCUT2D eigenvalue weighted by molar-refractivity contribution is 9.10. The van der Waals surface area contributed by atoms with Crippen molar-refractivity contribution in [2.75, 3.05) is 11.1 Å². The Balaban J connectivity index is 2.15. The van der Waals surface area contributed by atoms with Crippen molar-refractivity contribution in [1.82, 2.24) is 0 Å². The van der Waals surface area contributed by atoms with Gasteiger partial charge in [0.1, 0.15) is 5.76 Å². The number of aryl methyl sites for hydroxylation is 1. The Kier molecular flexibility index (Phi) is 3.19. The van der Waals surface area contributed by atoms with Gasteiger partial charge in [0.05, 0.1) is 0 Å². The van der Waals surface area contributed by atoms with E-state index in [-0.39, 0.29) is 11.7 Å². The predicted molar refractivity (Wildman–Crippen MR) is 70.0 cm³/mol. The first kappa shape index (κ1) is 11.7. The van der Waals surface area contributed by atoms with Gasteiger partial charge in [-0.15, -0.1) is 0 Å². The zero-order valence-corrected chi connectivity index (χ0v) is 10.7. The van der Waals surface area contributed by atoms with Gasteiger partial charge in [0.2, 0.25) is 0 Å². The fourth-order valence-corrected chi connectivity index (χ4v) is 1.73. The van der Waals surface area contributed by atoms with E-state index in [2.05, 4.69) is 21.2 Å². The number of halogens is 1. The first-order valence-corrected chi connectivity index (χ1v) is 5.78. The molecule has 0 atom stereocenters. The van der Waals surface area contributed by atoms with Crippen molar-refractivity contribution < 1.29 is 9.21 Å². The molecule has 0 saturated heterocycles. The number of carbonyl (C=O) groups is 1. The van der Waals surface area contributed by atoms with Gasteiger partial charge in [0.25, 0.3) is 5.91 Å².